The maximum Gasteiger partial charge on any atom is 0.178 e. The molecule has 2 fully saturated rings. The van der Waals surface area contributed by atoms with E-state index in [9.17, 15) is 4.79 Å². The maximum atomic E-state index is 12.8. The molecule has 2 aliphatic rings. The summed E-state index contributed by atoms with van der Waals surface area (Å²) in [6.07, 6.45) is 4.50. The fourth-order valence-corrected chi connectivity index (χ4v) is 3.87. The fourth-order valence-electron chi connectivity index (χ4n) is 3.87. The van der Waals surface area contributed by atoms with Gasteiger partial charge in [0.2, 0.25) is 0 Å². The van der Waals surface area contributed by atoms with Crippen molar-refractivity contribution < 1.29 is 14.3 Å². The average molecular weight is 328 g/mol. The van der Waals surface area contributed by atoms with Crippen molar-refractivity contribution in [1.82, 2.24) is 9.88 Å². The molecule has 2 aliphatic heterocycles. The number of nitrogens with one attached hydrogen (secondary N) is 1. The van der Waals surface area contributed by atoms with Gasteiger partial charge in [0.15, 0.2) is 11.6 Å². The van der Waals surface area contributed by atoms with Crippen molar-refractivity contribution in [3.8, 4) is 0 Å². The monoisotopic (exact) mass is 328 g/mol. The normalized spacial score (nSPS) is 20.9. The van der Waals surface area contributed by atoms with Gasteiger partial charge < -0.3 is 14.5 Å². The molecule has 0 saturated carbocycles. The molecule has 0 aliphatic carbocycles. The summed E-state index contributed by atoms with van der Waals surface area (Å²) in [5.74, 6) is -0.199. The van der Waals surface area contributed by atoms with Crippen LogP contribution in [0.4, 0.5) is 0 Å². The predicted molar refractivity (Wildman–Crippen MR) is 92.3 cm³/mol. The second-order valence-corrected chi connectivity index (χ2v) is 6.70. The van der Waals surface area contributed by atoms with Crippen LogP contribution in [0.5, 0.6) is 0 Å². The smallest absolute Gasteiger partial charge is 0.178 e. The summed E-state index contributed by atoms with van der Waals surface area (Å²) in [4.78, 5) is 18.3. The van der Waals surface area contributed by atoms with Crippen LogP contribution in [0.3, 0.4) is 0 Å². The molecule has 4 rings (SSSR count). The Balaban J connectivity index is 1.45. The third-order valence-corrected chi connectivity index (χ3v) is 5.28. The molecule has 0 radical (unpaired) electrons. The van der Waals surface area contributed by atoms with Gasteiger partial charge in [-0.3, -0.25) is 9.69 Å². The molecule has 1 aromatic heterocycles. The van der Waals surface area contributed by atoms with Crippen LogP contribution in [0, 0.1) is 0 Å². The van der Waals surface area contributed by atoms with Gasteiger partial charge in [-0.05, 0) is 12.0 Å². The van der Waals surface area contributed by atoms with Crippen LogP contribution in [0.1, 0.15) is 35.7 Å². The second kappa shape index (κ2) is 6.31. The van der Waals surface area contributed by atoms with E-state index >= 15 is 0 Å². The predicted octanol–water partition coefficient (Wildman–Crippen LogP) is 2.75. The number of ether oxygens (including phenoxy) is 2. The summed E-state index contributed by atoms with van der Waals surface area (Å²) in [7, 11) is 0. The van der Waals surface area contributed by atoms with Gasteiger partial charge in [-0.1, -0.05) is 25.1 Å². The van der Waals surface area contributed by atoms with Gasteiger partial charge in [-0.15, -0.1) is 0 Å². The third kappa shape index (κ3) is 2.77. The van der Waals surface area contributed by atoms with Crippen LogP contribution in [0.25, 0.3) is 10.9 Å². The highest BCUT2D eigenvalue weighted by Gasteiger charge is 2.40. The van der Waals surface area contributed by atoms with E-state index in [1.165, 1.54) is 5.56 Å². The minimum atomic E-state index is -0.379. The van der Waals surface area contributed by atoms with Crippen LogP contribution < -0.4 is 0 Å². The quantitative estimate of drug-likeness (QED) is 0.877. The Bertz CT molecular complexity index is 736. The number of ketones is 1. The molecule has 0 bridgehead atoms. The van der Waals surface area contributed by atoms with E-state index < -0.39 is 0 Å². The van der Waals surface area contributed by atoms with Crippen molar-refractivity contribution in [2.24, 2.45) is 0 Å². The van der Waals surface area contributed by atoms with Crippen LogP contribution >= 0.6 is 0 Å². The summed E-state index contributed by atoms with van der Waals surface area (Å²) in [6.45, 7) is 5.65. The van der Waals surface area contributed by atoms with Gasteiger partial charge >= 0.3 is 0 Å². The van der Waals surface area contributed by atoms with Crippen molar-refractivity contribution in [2.75, 3.05) is 32.8 Å². The Hall–Kier alpha value is -1.69. The molecule has 0 atom stereocenters. The number of aromatic nitrogens is 1. The Morgan fingerprint density at radius 1 is 1.25 bits per heavy atom. The molecule has 128 valence electrons. The Morgan fingerprint density at radius 2 is 2.00 bits per heavy atom. The molecule has 5 nitrogen and oxygen atoms in total. The summed E-state index contributed by atoms with van der Waals surface area (Å²) in [6, 6.07) is 6.17. The highest BCUT2D eigenvalue weighted by Crippen LogP contribution is 2.31. The second-order valence-electron chi connectivity index (χ2n) is 6.70. The minimum Gasteiger partial charge on any atom is -0.360 e. The summed E-state index contributed by atoms with van der Waals surface area (Å²) in [5, 5.41) is 1.04. The molecule has 5 heteroatoms. The average Bonchev–Trinajstić information content (AvgIpc) is 3.24. The Kier molecular flexibility index (Phi) is 4.16. The number of carbonyl (C=O) groups excluding carboxylic acids is 1. The molecular formula is C19H24N2O3. The molecule has 0 unspecified atom stereocenters. The first-order valence-electron chi connectivity index (χ1n) is 8.83. The van der Waals surface area contributed by atoms with Gasteiger partial charge in [0.05, 0.1) is 19.8 Å². The lowest BCUT2D eigenvalue weighted by Gasteiger charge is -2.37. The molecule has 24 heavy (non-hydrogen) atoms. The number of aryl methyl sites for hydroxylation is 1. The molecular weight excluding hydrogens is 304 g/mol. The van der Waals surface area contributed by atoms with Crippen LogP contribution in [-0.4, -0.2) is 54.3 Å². The SMILES string of the molecule is CCc1cccc2c(C(=O)CN3CCC4(CC3)OCCO4)c[nH]c12. The van der Waals surface area contributed by atoms with Crippen LogP contribution in [-0.2, 0) is 15.9 Å². The number of hydrogen-bond donors (Lipinski definition) is 1. The number of piperidine rings is 1. The van der Waals surface area contributed by atoms with Crippen molar-refractivity contribution in [1.29, 1.82) is 0 Å². The lowest BCUT2D eigenvalue weighted by molar-refractivity contribution is -0.184. The molecule has 2 aromatic rings. The van der Waals surface area contributed by atoms with Crippen LogP contribution in [0.15, 0.2) is 24.4 Å². The first-order chi connectivity index (χ1) is 11.7. The molecule has 1 N–H and O–H groups in total. The number of fused-ring (bicyclic) bond motifs is 1. The van der Waals surface area contributed by atoms with E-state index in [0.717, 1.165) is 48.8 Å². The zero-order valence-electron chi connectivity index (χ0n) is 14.1. The summed E-state index contributed by atoms with van der Waals surface area (Å²) < 4.78 is 11.5. The molecule has 1 aromatic carbocycles. The first kappa shape index (κ1) is 15.8. The molecule has 2 saturated heterocycles. The molecule has 3 heterocycles. The van der Waals surface area contributed by atoms with E-state index in [1.807, 2.05) is 18.3 Å². The van der Waals surface area contributed by atoms with E-state index in [0.29, 0.717) is 19.8 Å². The van der Waals surface area contributed by atoms with Gasteiger partial charge in [-0.2, -0.15) is 0 Å². The number of carbonyl (C=O) groups is 1. The molecule has 0 amide bonds. The number of benzene rings is 1. The summed E-state index contributed by atoms with van der Waals surface area (Å²) in [5.41, 5.74) is 3.14. The van der Waals surface area contributed by atoms with Crippen molar-refractivity contribution in [3.63, 3.8) is 0 Å². The number of hydrogen-bond acceptors (Lipinski definition) is 4. The highest BCUT2D eigenvalue weighted by molar-refractivity contribution is 6.09. The zero-order valence-corrected chi connectivity index (χ0v) is 14.1. The fraction of sp³-hybridized carbons (Fsp3) is 0.526. The number of Topliss-reactive ketones (excluding diaryl/α,β-unsaturated/α-hetero) is 1. The third-order valence-electron chi connectivity index (χ3n) is 5.28. The minimum absolute atomic E-state index is 0.179. The molecule has 1 spiro atoms. The standard InChI is InChI=1S/C19H24N2O3/c1-2-14-4-3-5-15-16(12-20-18(14)15)17(22)13-21-8-6-19(7-9-21)23-10-11-24-19/h3-5,12,20H,2,6-11,13H2,1H3. The van der Waals surface area contributed by atoms with Gasteiger partial charge in [0, 0.05) is 48.6 Å². The Labute approximate surface area is 141 Å². The topological polar surface area (TPSA) is 54.6 Å². The zero-order chi connectivity index (χ0) is 16.6. The van der Waals surface area contributed by atoms with Crippen molar-refractivity contribution in [3.05, 3.63) is 35.5 Å². The van der Waals surface area contributed by atoms with E-state index in [-0.39, 0.29) is 11.6 Å². The van der Waals surface area contributed by atoms with Crippen molar-refractivity contribution >= 4 is 16.7 Å². The van der Waals surface area contributed by atoms with Gasteiger partial charge in [-0.25, -0.2) is 0 Å². The van der Waals surface area contributed by atoms with Crippen molar-refractivity contribution in [2.45, 2.75) is 32.0 Å². The number of H-pyrrole nitrogens is 1. The highest BCUT2D eigenvalue weighted by atomic mass is 16.7. The van der Waals surface area contributed by atoms with E-state index in [4.69, 9.17) is 9.47 Å². The summed E-state index contributed by atoms with van der Waals surface area (Å²) >= 11 is 0. The van der Waals surface area contributed by atoms with Crippen LogP contribution in [0.2, 0.25) is 0 Å². The lowest BCUT2D eigenvalue weighted by Crippen LogP contribution is -2.46. The van der Waals surface area contributed by atoms with E-state index in [1.54, 1.807) is 0 Å². The van der Waals surface area contributed by atoms with E-state index in [2.05, 4.69) is 22.9 Å². The number of likely N-dealkylation sites (tertiary alicyclic amines) is 1. The maximum absolute atomic E-state index is 12.8. The van der Waals surface area contributed by atoms with Gasteiger partial charge in [0.25, 0.3) is 0 Å². The number of rotatable bonds is 4. The number of nitrogens with zero attached hydrogens (tertiary/aromatic N) is 1. The number of para-hydroxylation sites is 1. The largest absolute Gasteiger partial charge is 0.360 e. The Morgan fingerprint density at radius 3 is 2.71 bits per heavy atom. The number of aromatic amines is 1. The van der Waals surface area contributed by atoms with Gasteiger partial charge in [0.1, 0.15) is 0 Å². The first-order valence-corrected chi connectivity index (χ1v) is 8.83. The lowest BCUT2D eigenvalue weighted by atomic mass is 10.0.